The fourth-order valence-corrected chi connectivity index (χ4v) is 6.25. The second-order valence-corrected chi connectivity index (χ2v) is 11.4. The topological polar surface area (TPSA) is 145 Å². The first-order valence-electron chi connectivity index (χ1n) is 14.9. The SMILES string of the molecule is C/C(=C\c1ccccc1O)CC[C@@H](O)C1=C(COc2ccccc2)C[C@H]2C(=O)N(CCCCCC(=O)O)C(=O)[C@H]2[C@H]1CO. The third kappa shape index (κ3) is 7.91. The lowest BCUT2D eigenvalue weighted by molar-refractivity contribution is -0.141. The first-order chi connectivity index (χ1) is 20.7. The molecule has 0 bridgehead atoms. The van der Waals surface area contributed by atoms with Crippen molar-refractivity contribution in [2.45, 2.75) is 58.0 Å². The Hall–Kier alpha value is -3.95. The number of aliphatic carboxylic acids is 1. The van der Waals surface area contributed by atoms with Gasteiger partial charge in [0.2, 0.25) is 11.8 Å². The van der Waals surface area contributed by atoms with Crippen LogP contribution in [0, 0.1) is 17.8 Å². The minimum Gasteiger partial charge on any atom is -0.507 e. The number of aliphatic hydroxyl groups excluding tert-OH is 2. The van der Waals surface area contributed by atoms with E-state index in [-0.39, 0.29) is 43.6 Å². The molecule has 9 nitrogen and oxygen atoms in total. The number of aliphatic hydroxyl groups is 2. The smallest absolute Gasteiger partial charge is 0.303 e. The zero-order valence-corrected chi connectivity index (χ0v) is 24.5. The third-order valence-corrected chi connectivity index (χ3v) is 8.41. The Morgan fingerprint density at radius 2 is 1.74 bits per heavy atom. The number of para-hydroxylation sites is 2. The number of fused-ring (bicyclic) bond motifs is 1. The fourth-order valence-electron chi connectivity index (χ4n) is 6.25. The monoisotopic (exact) mass is 591 g/mol. The number of ether oxygens (including phenoxy) is 1. The molecule has 4 rings (SSSR count). The summed E-state index contributed by atoms with van der Waals surface area (Å²) in [6.45, 7) is 1.83. The van der Waals surface area contributed by atoms with E-state index in [4.69, 9.17) is 9.84 Å². The van der Waals surface area contributed by atoms with Gasteiger partial charge in [0, 0.05) is 24.4 Å². The van der Waals surface area contributed by atoms with E-state index in [1.54, 1.807) is 18.2 Å². The highest BCUT2D eigenvalue weighted by Gasteiger charge is 2.54. The zero-order chi connectivity index (χ0) is 30.9. The van der Waals surface area contributed by atoms with Crippen LogP contribution in [-0.2, 0) is 14.4 Å². The van der Waals surface area contributed by atoms with Crippen LogP contribution in [0.15, 0.2) is 71.3 Å². The van der Waals surface area contributed by atoms with Gasteiger partial charge in [0.05, 0.1) is 24.5 Å². The zero-order valence-electron chi connectivity index (χ0n) is 24.5. The van der Waals surface area contributed by atoms with Crippen molar-refractivity contribution in [3.8, 4) is 11.5 Å². The minimum absolute atomic E-state index is 0.0385. The van der Waals surface area contributed by atoms with E-state index in [9.17, 15) is 29.7 Å². The van der Waals surface area contributed by atoms with Crippen LogP contribution in [0.2, 0.25) is 0 Å². The van der Waals surface area contributed by atoms with Gasteiger partial charge < -0.3 is 25.2 Å². The second kappa shape index (κ2) is 15.0. The molecule has 1 aliphatic heterocycles. The van der Waals surface area contributed by atoms with Gasteiger partial charge in [-0.15, -0.1) is 0 Å². The number of hydrogen-bond acceptors (Lipinski definition) is 7. The Bertz CT molecular complexity index is 1350. The summed E-state index contributed by atoms with van der Waals surface area (Å²) < 4.78 is 6.04. The Balaban J connectivity index is 1.55. The molecule has 9 heteroatoms. The van der Waals surface area contributed by atoms with Crippen molar-refractivity contribution in [1.29, 1.82) is 0 Å². The number of rotatable bonds is 15. The summed E-state index contributed by atoms with van der Waals surface area (Å²) in [5.41, 5.74) is 2.89. The van der Waals surface area contributed by atoms with E-state index in [1.165, 1.54) is 4.90 Å². The first-order valence-corrected chi connectivity index (χ1v) is 14.9. The fraction of sp³-hybridized carbons (Fsp3) is 0.441. The number of phenols is 1. The van der Waals surface area contributed by atoms with E-state index < -0.39 is 36.4 Å². The van der Waals surface area contributed by atoms with Crippen molar-refractivity contribution >= 4 is 23.9 Å². The normalized spacial score (nSPS) is 21.2. The molecule has 1 heterocycles. The maximum absolute atomic E-state index is 13.6. The van der Waals surface area contributed by atoms with E-state index in [1.807, 2.05) is 49.4 Å². The molecule has 2 aliphatic rings. The van der Waals surface area contributed by atoms with E-state index in [0.717, 1.165) is 5.57 Å². The molecule has 43 heavy (non-hydrogen) atoms. The highest BCUT2D eigenvalue weighted by Crippen LogP contribution is 2.46. The number of unbranched alkanes of at least 4 members (excludes halogenated alkanes) is 2. The van der Waals surface area contributed by atoms with Crippen LogP contribution in [0.1, 0.15) is 57.4 Å². The average Bonchev–Trinajstić information content (AvgIpc) is 3.23. The van der Waals surface area contributed by atoms with Gasteiger partial charge in [-0.05, 0) is 68.4 Å². The van der Waals surface area contributed by atoms with Crippen molar-refractivity contribution in [2.24, 2.45) is 17.8 Å². The highest BCUT2D eigenvalue weighted by molar-refractivity contribution is 6.05. The number of carbonyl (C=O) groups is 3. The summed E-state index contributed by atoms with van der Waals surface area (Å²) in [5.74, 6) is -2.90. The van der Waals surface area contributed by atoms with E-state index >= 15 is 0 Å². The molecular formula is C34H41NO8. The Morgan fingerprint density at radius 1 is 1.02 bits per heavy atom. The van der Waals surface area contributed by atoms with Crippen molar-refractivity contribution < 1.29 is 39.5 Å². The summed E-state index contributed by atoms with van der Waals surface area (Å²) in [6, 6.07) is 16.2. The standard InChI is InChI=1S/C34H41NO8/c1-22(18-23-10-7-8-13-28(23)37)15-16-29(38)31-24(21-43-25-11-4-2-5-12-25)19-26-32(27(31)20-36)34(42)35(33(26)41)17-9-3-6-14-30(39)40/h2,4-5,7-8,10-13,18,26-27,29,32,36-38H,3,6,9,14-17,19-21H2,1H3,(H,39,40)/b22-18+/t26-,27+,29-,32-/m1/s1. The molecule has 0 spiro atoms. The van der Waals surface area contributed by atoms with Crippen LogP contribution in [0.3, 0.4) is 0 Å². The molecule has 4 N–H and O–H groups in total. The van der Waals surface area contributed by atoms with Gasteiger partial charge >= 0.3 is 5.97 Å². The molecule has 4 atom stereocenters. The summed E-state index contributed by atoms with van der Waals surface area (Å²) in [6.07, 6.45) is 3.55. The second-order valence-electron chi connectivity index (χ2n) is 11.4. The Kier molecular flexibility index (Phi) is 11.1. The van der Waals surface area contributed by atoms with Crippen LogP contribution < -0.4 is 4.74 Å². The number of hydrogen-bond donors (Lipinski definition) is 4. The number of imide groups is 1. The molecule has 1 fully saturated rings. The van der Waals surface area contributed by atoms with Crippen LogP contribution in [0.4, 0.5) is 0 Å². The number of nitrogens with zero attached hydrogens (tertiary/aromatic N) is 1. The predicted octanol–water partition coefficient (Wildman–Crippen LogP) is 4.57. The number of carboxylic acids is 1. The largest absolute Gasteiger partial charge is 0.507 e. The number of amides is 2. The molecule has 230 valence electrons. The van der Waals surface area contributed by atoms with Gasteiger partial charge in [-0.3, -0.25) is 19.3 Å². The lowest BCUT2D eigenvalue weighted by Gasteiger charge is -2.36. The molecule has 0 aromatic heterocycles. The molecule has 2 aromatic rings. The number of phenolic OH excluding ortho intramolecular Hbond substituents is 1. The molecule has 1 saturated heterocycles. The average molecular weight is 592 g/mol. The summed E-state index contributed by atoms with van der Waals surface area (Å²) in [4.78, 5) is 39.1. The van der Waals surface area contributed by atoms with Crippen molar-refractivity contribution in [3.63, 3.8) is 0 Å². The minimum atomic E-state index is -0.979. The van der Waals surface area contributed by atoms with E-state index in [0.29, 0.717) is 54.6 Å². The predicted molar refractivity (Wildman–Crippen MR) is 161 cm³/mol. The molecule has 2 aromatic carbocycles. The van der Waals surface area contributed by atoms with Crippen LogP contribution in [0.25, 0.3) is 6.08 Å². The molecule has 0 radical (unpaired) electrons. The Labute approximate surface area is 252 Å². The van der Waals surface area contributed by atoms with Gasteiger partial charge in [-0.25, -0.2) is 0 Å². The number of carboxylic acid groups (broad SMARTS) is 1. The van der Waals surface area contributed by atoms with Crippen LogP contribution in [-0.4, -0.2) is 69.0 Å². The summed E-state index contributed by atoms with van der Waals surface area (Å²) in [7, 11) is 0. The number of benzene rings is 2. The van der Waals surface area contributed by atoms with Gasteiger partial charge in [0.1, 0.15) is 18.1 Å². The Morgan fingerprint density at radius 3 is 2.44 bits per heavy atom. The molecule has 2 amide bonds. The molecule has 0 saturated carbocycles. The highest BCUT2D eigenvalue weighted by atomic mass is 16.5. The lowest BCUT2D eigenvalue weighted by atomic mass is 9.68. The maximum atomic E-state index is 13.6. The van der Waals surface area contributed by atoms with Crippen molar-refractivity contribution in [3.05, 3.63) is 76.9 Å². The number of carbonyl (C=O) groups excluding carboxylic acids is 2. The maximum Gasteiger partial charge on any atom is 0.303 e. The van der Waals surface area contributed by atoms with Gasteiger partial charge in [-0.2, -0.15) is 0 Å². The third-order valence-electron chi connectivity index (χ3n) is 8.41. The van der Waals surface area contributed by atoms with Gasteiger partial charge in [-0.1, -0.05) is 54.5 Å². The first kappa shape index (κ1) is 32.0. The summed E-state index contributed by atoms with van der Waals surface area (Å²) in [5, 5.41) is 41.1. The molecular weight excluding hydrogens is 550 g/mol. The van der Waals surface area contributed by atoms with Crippen molar-refractivity contribution in [2.75, 3.05) is 19.8 Å². The molecule has 0 unspecified atom stereocenters. The quantitative estimate of drug-likeness (QED) is 0.134. The number of allylic oxidation sites excluding steroid dienone is 1. The van der Waals surface area contributed by atoms with E-state index in [2.05, 4.69) is 0 Å². The van der Waals surface area contributed by atoms with Crippen LogP contribution >= 0.6 is 0 Å². The number of aromatic hydroxyl groups is 1. The van der Waals surface area contributed by atoms with Gasteiger partial charge in [0.25, 0.3) is 0 Å². The summed E-state index contributed by atoms with van der Waals surface area (Å²) >= 11 is 0. The van der Waals surface area contributed by atoms with Crippen LogP contribution in [0.5, 0.6) is 11.5 Å². The lowest BCUT2D eigenvalue weighted by Crippen LogP contribution is -2.40. The molecule has 1 aliphatic carbocycles. The van der Waals surface area contributed by atoms with Crippen molar-refractivity contribution in [1.82, 2.24) is 4.90 Å². The van der Waals surface area contributed by atoms with Gasteiger partial charge in [0.15, 0.2) is 0 Å². The number of likely N-dealkylation sites (tertiary alicyclic amines) is 1.